The third-order valence-electron chi connectivity index (χ3n) is 3.65. The fourth-order valence-corrected chi connectivity index (χ4v) is 11.5. The van der Waals surface area contributed by atoms with Crippen molar-refractivity contribution in [3.8, 4) is 0 Å². The van der Waals surface area contributed by atoms with Gasteiger partial charge < -0.3 is 0 Å². The van der Waals surface area contributed by atoms with Crippen LogP contribution in [0, 0.1) is 0 Å². The van der Waals surface area contributed by atoms with Gasteiger partial charge in [-0.1, -0.05) is 0 Å². The van der Waals surface area contributed by atoms with E-state index in [0.717, 1.165) is 3.67 Å². The molecular formula is C9H18IP. The van der Waals surface area contributed by atoms with E-state index in [4.69, 9.17) is 0 Å². The Hall–Kier alpha value is 1.16. The molecule has 2 fully saturated rings. The molecule has 2 aliphatic rings. The zero-order valence-electron chi connectivity index (χ0n) is 7.11. The molecule has 66 valence electrons. The molecule has 0 aromatic heterocycles. The van der Waals surface area contributed by atoms with Gasteiger partial charge in [0.2, 0.25) is 0 Å². The fraction of sp³-hybridized carbons (Fsp3) is 1.00. The molecule has 2 heteroatoms. The Labute approximate surface area is 84.0 Å². The van der Waals surface area contributed by atoms with E-state index in [1.807, 2.05) is 0 Å². The van der Waals surface area contributed by atoms with Crippen LogP contribution in [-0.2, 0) is 0 Å². The number of halogens is 1. The molecule has 0 bridgehead atoms. The zero-order chi connectivity index (χ0) is 7.73. The second-order valence-electron chi connectivity index (χ2n) is 4.28. The molecule has 0 aromatic rings. The van der Waals surface area contributed by atoms with Gasteiger partial charge in [-0.3, -0.25) is 0 Å². The van der Waals surface area contributed by atoms with Crippen molar-refractivity contribution < 1.29 is 0 Å². The summed E-state index contributed by atoms with van der Waals surface area (Å²) in [6, 6.07) is 0. The average Bonchev–Trinajstić information content (AvgIpc) is 2.36. The molecule has 2 heterocycles. The maximum atomic E-state index is 2.77. The first-order chi connectivity index (χ1) is 5.33. The van der Waals surface area contributed by atoms with Crippen LogP contribution in [0.2, 0.25) is 0 Å². The molecule has 0 aliphatic carbocycles. The van der Waals surface area contributed by atoms with Crippen molar-refractivity contribution in [2.45, 2.75) is 35.8 Å². The summed E-state index contributed by atoms with van der Waals surface area (Å²) in [5.41, 5.74) is 0. The van der Waals surface area contributed by atoms with Gasteiger partial charge in [0.25, 0.3) is 0 Å². The van der Waals surface area contributed by atoms with E-state index in [9.17, 15) is 0 Å². The van der Waals surface area contributed by atoms with E-state index in [1.165, 1.54) is 6.42 Å². The van der Waals surface area contributed by atoms with Crippen molar-refractivity contribution in [2.24, 2.45) is 0 Å². The molecule has 11 heavy (non-hydrogen) atoms. The topological polar surface area (TPSA) is 0 Å². The summed E-state index contributed by atoms with van der Waals surface area (Å²) >= 11 is 2.77. The van der Waals surface area contributed by atoms with Gasteiger partial charge >= 0.3 is 84.1 Å². The molecule has 2 saturated heterocycles. The standard InChI is InChI=1S/C9H18IP/c10-9-5-4-8-11(9)6-2-1-3-7-11/h9,11H,1-8H2. The summed E-state index contributed by atoms with van der Waals surface area (Å²) in [5, 5.41) is 0. The van der Waals surface area contributed by atoms with Gasteiger partial charge in [-0.05, 0) is 0 Å². The van der Waals surface area contributed by atoms with E-state index >= 15 is 0 Å². The Morgan fingerprint density at radius 1 is 0.909 bits per heavy atom. The van der Waals surface area contributed by atoms with Gasteiger partial charge in [-0.15, -0.1) is 0 Å². The predicted molar refractivity (Wildman–Crippen MR) is 63.8 cm³/mol. The summed E-state index contributed by atoms with van der Waals surface area (Å²) in [6.45, 7) is 0. The third kappa shape index (κ3) is 1.60. The Kier molecular flexibility index (Phi) is 2.78. The molecule has 1 unspecified atom stereocenters. The Bertz CT molecular complexity index is 140. The summed E-state index contributed by atoms with van der Waals surface area (Å²) < 4.78 is 1.15. The van der Waals surface area contributed by atoms with Crippen LogP contribution in [0.4, 0.5) is 0 Å². The SMILES string of the molecule is IC1CCC[PH]12CCCCC2. The van der Waals surface area contributed by atoms with Gasteiger partial charge in [0, 0.05) is 0 Å². The van der Waals surface area contributed by atoms with Gasteiger partial charge in [0.15, 0.2) is 0 Å². The van der Waals surface area contributed by atoms with E-state index in [1.54, 1.807) is 44.2 Å². The first kappa shape index (κ1) is 8.74. The second kappa shape index (κ2) is 3.49. The van der Waals surface area contributed by atoms with Crippen molar-refractivity contribution >= 4 is 29.9 Å². The molecular weight excluding hydrogens is 266 g/mol. The van der Waals surface area contributed by atoms with Crippen molar-refractivity contribution in [3.63, 3.8) is 0 Å². The monoisotopic (exact) mass is 284 g/mol. The summed E-state index contributed by atoms with van der Waals surface area (Å²) in [5.74, 6) is 0. The summed E-state index contributed by atoms with van der Waals surface area (Å²) in [7, 11) is -0.636. The van der Waals surface area contributed by atoms with Crippen LogP contribution >= 0.6 is 29.9 Å². The van der Waals surface area contributed by atoms with E-state index in [2.05, 4.69) is 22.6 Å². The van der Waals surface area contributed by atoms with Crippen molar-refractivity contribution in [2.75, 3.05) is 18.5 Å². The van der Waals surface area contributed by atoms with Crippen molar-refractivity contribution in [1.82, 2.24) is 0 Å². The first-order valence-electron chi connectivity index (χ1n) is 4.98. The minimum absolute atomic E-state index is 0.636. The fourth-order valence-electron chi connectivity index (χ4n) is 2.92. The number of alkyl halides is 1. The predicted octanol–water partition coefficient (Wildman–Crippen LogP) is 3.48. The Balaban J connectivity index is 2.06. The molecule has 0 N–H and O–H groups in total. The third-order valence-corrected chi connectivity index (χ3v) is 13.9. The van der Waals surface area contributed by atoms with Gasteiger partial charge in [0.1, 0.15) is 0 Å². The van der Waals surface area contributed by atoms with Gasteiger partial charge in [-0.25, -0.2) is 0 Å². The molecule has 0 radical (unpaired) electrons. The number of hydrogen-bond donors (Lipinski definition) is 0. The van der Waals surface area contributed by atoms with E-state index in [-0.39, 0.29) is 0 Å². The van der Waals surface area contributed by atoms with Crippen LogP contribution in [0.3, 0.4) is 0 Å². The molecule has 0 aromatic carbocycles. The molecule has 0 saturated carbocycles. The van der Waals surface area contributed by atoms with Crippen LogP contribution in [0.5, 0.6) is 0 Å². The second-order valence-corrected chi connectivity index (χ2v) is 11.9. The zero-order valence-corrected chi connectivity index (χ0v) is 10.3. The summed E-state index contributed by atoms with van der Waals surface area (Å²) in [4.78, 5) is 0. The molecule has 0 nitrogen and oxygen atoms in total. The minimum atomic E-state index is -0.636. The van der Waals surface area contributed by atoms with Crippen molar-refractivity contribution in [1.29, 1.82) is 0 Å². The normalized spacial score (nSPS) is 39.2. The Morgan fingerprint density at radius 2 is 1.55 bits per heavy atom. The van der Waals surface area contributed by atoms with E-state index < -0.39 is 7.26 Å². The molecule has 1 atom stereocenters. The average molecular weight is 284 g/mol. The van der Waals surface area contributed by atoms with Crippen LogP contribution in [0.1, 0.15) is 32.1 Å². The van der Waals surface area contributed by atoms with Crippen LogP contribution in [0.15, 0.2) is 0 Å². The van der Waals surface area contributed by atoms with Crippen LogP contribution in [-0.4, -0.2) is 22.2 Å². The van der Waals surface area contributed by atoms with Crippen molar-refractivity contribution in [3.05, 3.63) is 0 Å². The molecule has 1 spiro atoms. The number of rotatable bonds is 0. The first-order valence-corrected chi connectivity index (χ1v) is 8.92. The van der Waals surface area contributed by atoms with Gasteiger partial charge in [-0.2, -0.15) is 0 Å². The maximum absolute atomic E-state index is 2.77. The molecule has 2 aliphatic heterocycles. The summed E-state index contributed by atoms with van der Waals surface area (Å²) in [6.07, 6.45) is 12.9. The van der Waals surface area contributed by atoms with E-state index in [0.29, 0.717) is 0 Å². The number of hydrogen-bond acceptors (Lipinski definition) is 0. The Morgan fingerprint density at radius 3 is 2.09 bits per heavy atom. The molecule has 0 amide bonds. The van der Waals surface area contributed by atoms with Crippen LogP contribution < -0.4 is 0 Å². The van der Waals surface area contributed by atoms with Crippen LogP contribution in [0.25, 0.3) is 0 Å². The van der Waals surface area contributed by atoms with Gasteiger partial charge in [0.05, 0.1) is 0 Å². The quantitative estimate of drug-likeness (QED) is 0.363. The molecule has 2 rings (SSSR count).